The maximum absolute atomic E-state index is 14.5. The Bertz CT molecular complexity index is 1100. The van der Waals surface area contributed by atoms with Gasteiger partial charge < -0.3 is 15.4 Å². The molecular weight excluding hydrogens is 435 g/mol. The van der Waals surface area contributed by atoms with Gasteiger partial charge in [-0.2, -0.15) is 0 Å². The molecule has 0 aliphatic carbocycles. The maximum Gasteiger partial charge on any atom is 0.251 e. The molecule has 1 unspecified atom stereocenters. The summed E-state index contributed by atoms with van der Waals surface area (Å²) < 4.78 is 20.1. The molecule has 2 aliphatic rings. The van der Waals surface area contributed by atoms with Gasteiger partial charge >= 0.3 is 0 Å². The maximum atomic E-state index is 14.5. The largest absolute Gasteiger partial charge is 0.493 e. The lowest BCUT2D eigenvalue weighted by molar-refractivity contribution is -0.131. The van der Waals surface area contributed by atoms with Crippen molar-refractivity contribution in [3.05, 3.63) is 65.0 Å². The predicted molar refractivity (Wildman–Crippen MR) is 127 cm³/mol. The normalized spacial score (nSPS) is 22.1. The fourth-order valence-electron chi connectivity index (χ4n) is 4.76. The summed E-state index contributed by atoms with van der Waals surface area (Å²) in [5.41, 5.74) is 1.05. The minimum absolute atomic E-state index is 0.000811. The molecule has 8 heteroatoms. The first-order valence-electron chi connectivity index (χ1n) is 11.7. The molecular formula is C26H31FN4O3. The SMILES string of the molecule is CC[C@]1(C(C)C)CC(=O)N(Cc2cc(F)cc(C(=O)NC3CCOc4ccccc43)c2)C(=N)N1. The van der Waals surface area contributed by atoms with Crippen LogP contribution in [0.2, 0.25) is 0 Å². The summed E-state index contributed by atoms with van der Waals surface area (Å²) in [7, 11) is 0. The van der Waals surface area contributed by atoms with Crippen molar-refractivity contribution < 1.29 is 18.7 Å². The van der Waals surface area contributed by atoms with Crippen LogP contribution < -0.4 is 15.4 Å². The lowest BCUT2D eigenvalue weighted by atomic mass is 9.79. The number of hydrogen-bond acceptors (Lipinski definition) is 4. The van der Waals surface area contributed by atoms with Crippen LogP contribution in [0.25, 0.3) is 0 Å². The Hall–Kier alpha value is -3.42. The van der Waals surface area contributed by atoms with Gasteiger partial charge in [0.15, 0.2) is 5.96 Å². The molecule has 180 valence electrons. The highest BCUT2D eigenvalue weighted by Crippen LogP contribution is 2.32. The Balaban J connectivity index is 1.50. The topological polar surface area (TPSA) is 94.5 Å². The van der Waals surface area contributed by atoms with Gasteiger partial charge in [0.05, 0.1) is 31.2 Å². The van der Waals surface area contributed by atoms with E-state index in [2.05, 4.69) is 10.6 Å². The molecule has 2 amide bonds. The second-order valence-corrected chi connectivity index (χ2v) is 9.34. The van der Waals surface area contributed by atoms with E-state index in [4.69, 9.17) is 10.1 Å². The van der Waals surface area contributed by atoms with Gasteiger partial charge in [-0.3, -0.25) is 19.9 Å². The van der Waals surface area contributed by atoms with Crippen LogP contribution in [0.3, 0.4) is 0 Å². The minimum atomic E-state index is -0.566. The average molecular weight is 467 g/mol. The van der Waals surface area contributed by atoms with Gasteiger partial charge in [-0.1, -0.05) is 39.0 Å². The number of fused-ring (bicyclic) bond motifs is 1. The smallest absolute Gasteiger partial charge is 0.251 e. The second kappa shape index (κ2) is 9.44. The standard InChI is InChI=1S/C26H31FN4O3/c1-4-26(16(2)3)14-23(32)31(25(28)30-26)15-17-11-18(13-19(27)12-17)24(33)29-21-9-10-34-22-8-6-5-7-20(21)22/h5-8,11-13,16,21H,4,9-10,14-15H2,1-3H3,(H2,28,30)(H,29,33)/t21?,26-/m1/s1. The van der Waals surface area contributed by atoms with E-state index < -0.39 is 17.3 Å². The number of hydrogen-bond donors (Lipinski definition) is 3. The molecule has 0 radical (unpaired) electrons. The van der Waals surface area contributed by atoms with Gasteiger partial charge in [-0.25, -0.2) is 4.39 Å². The summed E-state index contributed by atoms with van der Waals surface area (Å²) >= 11 is 0. The molecule has 4 rings (SSSR count). The van der Waals surface area contributed by atoms with Crippen molar-refractivity contribution >= 4 is 17.8 Å². The summed E-state index contributed by atoms with van der Waals surface area (Å²) in [6, 6.07) is 11.4. The van der Waals surface area contributed by atoms with Gasteiger partial charge in [0.1, 0.15) is 11.6 Å². The number of guanidine groups is 1. The molecule has 2 aromatic carbocycles. The molecule has 2 atom stereocenters. The number of benzene rings is 2. The van der Waals surface area contributed by atoms with Crippen molar-refractivity contribution in [2.75, 3.05) is 6.61 Å². The van der Waals surface area contributed by atoms with E-state index in [1.165, 1.54) is 17.0 Å². The first-order valence-corrected chi connectivity index (χ1v) is 11.7. The number of amides is 2. The van der Waals surface area contributed by atoms with Gasteiger partial charge in [0.2, 0.25) is 5.91 Å². The van der Waals surface area contributed by atoms with E-state index in [9.17, 15) is 14.0 Å². The molecule has 34 heavy (non-hydrogen) atoms. The first-order chi connectivity index (χ1) is 16.2. The lowest BCUT2D eigenvalue weighted by Crippen LogP contribution is -2.63. The van der Waals surface area contributed by atoms with E-state index in [1.54, 1.807) is 6.07 Å². The molecule has 1 saturated heterocycles. The fraction of sp³-hybridized carbons (Fsp3) is 0.423. The Morgan fingerprint density at radius 3 is 2.79 bits per heavy atom. The van der Waals surface area contributed by atoms with E-state index in [0.29, 0.717) is 25.0 Å². The van der Waals surface area contributed by atoms with Gasteiger partial charge in [-0.05, 0) is 42.2 Å². The first kappa shape index (κ1) is 23.7. The van der Waals surface area contributed by atoms with Crippen LogP contribution in [0.4, 0.5) is 4.39 Å². The van der Waals surface area contributed by atoms with E-state index in [1.807, 2.05) is 45.0 Å². The third-order valence-electron chi connectivity index (χ3n) is 6.97. The van der Waals surface area contributed by atoms with Crippen LogP contribution >= 0.6 is 0 Å². The van der Waals surface area contributed by atoms with Crippen molar-refractivity contribution in [1.82, 2.24) is 15.5 Å². The van der Waals surface area contributed by atoms with Crippen LogP contribution in [0.15, 0.2) is 42.5 Å². The van der Waals surface area contributed by atoms with Gasteiger partial charge in [0.25, 0.3) is 5.91 Å². The van der Waals surface area contributed by atoms with Crippen molar-refractivity contribution in [2.45, 2.75) is 58.2 Å². The Morgan fingerprint density at radius 2 is 2.09 bits per heavy atom. The molecule has 3 N–H and O–H groups in total. The highest BCUT2D eigenvalue weighted by molar-refractivity contribution is 5.99. The average Bonchev–Trinajstić information content (AvgIpc) is 2.81. The molecule has 0 bridgehead atoms. The zero-order valence-corrected chi connectivity index (χ0v) is 19.8. The molecule has 2 heterocycles. The molecule has 0 saturated carbocycles. The van der Waals surface area contributed by atoms with Crippen molar-refractivity contribution in [3.63, 3.8) is 0 Å². The second-order valence-electron chi connectivity index (χ2n) is 9.34. The zero-order valence-electron chi connectivity index (χ0n) is 19.8. The number of rotatable bonds is 6. The van der Waals surface area contributed by atoms with Crippen LogP contribution in [0.5, 0.6) is 5.75 Å². The summed E-state index contributed by atoms with van der Waals surface area (Å²) in [5.74, 6) is -0.245. The van der Waals surface area contributed by atoms with E-state index >= 15 is 0 Å². The number of nitrogens with zero attached hydrogens (tertiary/aromatic N) is 1. The predicted octanol–water partition coefficient (Wildman–Crippen LogP) is 4.14. The Kier molecular flexibility index (Phi) is 6.59. The quantitative estimate of drug-likeness (QED) is 0.596. The number of nitrogens with one attached hydrogen (secondary N) is 3. The molecule has 2 aromatic rings. The number of ether oxygens (including phenoxy) is 1. The summed E-state index contributed by atoms with van der Waals surface area (Å²) in [4.78, 5) is 27.2. The summed E-state index contributed by atoms with van der Waals surface area (Å²) in [6.45, 7) is 6.55. The molecule has 7 nitrogen and oxygen atoms in total. The zero-order chi connectivity index (χ0) is 24.5. The monoisotopic (exact) mass is 466 g/mol. The van der Waals surface area contributed by atoms with Crippen molar-refractivity contribution in [1.29, 1.82) is 5.41 Å². The molecule has 0 spiro atoms. The number of halogens is 1. The fourth-order valence-corrected chi connectivity index (χ4v) is 4.76. The number of carbonyl (C=O) groups excluding carboxylic acids is 2. The van der Waals surface area contributed by atoms with Crippen LogP contribution in [0, 0.1) is 17.1 Å². The van der Waals surface area contributed by atoms with E-state index in [-0.39, 0.29) is 42.4 Å². The van der Waals surface area contributed by atoms with Crippen LogP contribution in [-0.4, -0.2) is 34.8 Å². The van der Waals surface area contributed by atoms with Crippen molar-refractivity contribution in [3.8, 4) is 5.75 Å². The number of para-hydroxylation sites is 1. The summed E-state index contributed by atoms with van der Waals surface area (Å²) in [6.07, 6.45) is 1.59. The Morgan fingerprint density at radius 1 is 1.32 bits per heavy atom. The summed E-state index contributed by atoms with van der Waals surface area (Å²) in [5, 5.41) is 14.6. The lowest BCUT2D eigenvalue weighted by Gasteiger charge is -2.45. The third-order valence-corrected chi connectivity index (χ3v) is 6.97. The minimum Gasteiger partial charge on any atom is -0.493 e. The molecule has 1 fully saturated rings. The van der Waals surface area contributed by atoms with Crippen LogP contribution in [-0.2, 0) is 11.3 Å². The van der Waals surface area contributed by atoms with E-state index in [0.717, 1.165) is 11.3 Å². The number of carbonyl (C=O) groups is 2. The third kappa shape index (κ3) is 4.62. The Labute approximate surface area is 199 Å². The molecule has 0 aromatic heterocycles. The highest BCUT2D eigenvalue weighted by atomic mass is 19.1. The van der Waals surface area contributed by atoms with Crippen LogP contribution in [0.1, 0.15) is 67.6 Å². The van der Waals surface area contributed by atoms with Crippen molar-refractivity contribution in [2.24, 2.45) is 5.92 Å². The van der Waals surface area contributed by atoms with Gasteiger partial charge in [-0.15, -0.1) is 0 Å². The molecule has 2 aliphatic heterocycles. The highest BCUT2D eigenvalue weighted by Gasteiger charge is 2.42. The van der Waals surface area contributed by atoms with Gasteiger partial charge in [0, 0.05) is 17.5 Å².